The molecular weight excluding hydrogens is 402 g/mol. The van der Waals surface area contributed by atoms with Gasteiger partial charge in [0, 0.05) is 35.3 Å². The third kappa shape index (κ3) is 4.59. The van der Waals surface area contributed by atoms with Gasteiger partial charge in [0.25, 0.3) is 5.91 Å². The van der Waals surface area contributed by atoms with Crippen LogP contribution in [0, 0.1) is 19.8 Å². The second-order valence-corrected chi connectivity index (χ2v) is 8.52. The molecule has 0 fully saturated rings. The van der Waals surface area contributed by atoms with Crippen LogP contribution >= 0.6 is 0 Å². The van der Waals surface area contributed by atoms with E-state index in [1.807, 2.05) is 50.4 Å². The van der Waals surface area contributed by atoms with Crippen molar-refractivity contribution in [3.8, 4) is 17.4 Å². The Balaban J connectivity index is 1.76. The van der Waals surface area contributed by atoms with Crippen molar-refractivity contribution in [1.29, 1.82) is 0 Å². The minimum Gasteiger partial charge on any atom is -0.494 e. The summed E-state index contributed by atoms with van der Waals surface area (Å²) in [7, 11) is 0. The second-order valence-electron chi connectivity index (χ2n) is 8.52. The van der Waals surface area contributed by atoms with Crippen LogP contribution in [0.2, 0.25) is 0 Å². The largest absolute Gasteiger partial charge is 0.494 e. The molecule has 0 unspecified atom stereocenters. The van der Waals surface area contributed by atoms with Gasteiger partial charge in [0.1, 0.15) is 17.3 Å². The molecule has 0 aliphatic heterocycles. The van der Waals surface area contributed by atoms with E-state index in [1.54, 1.807) is 29.0 Å². The van der Waals surface area contributed by atoms with Gasteiger partial charge in [-0.15, -0.1) is 0 Å². The van der Waals surface area contributed by atoms with Gasteiger partial charge in [0.05, 0.1) is 0 Å². The van der Waals surface area contributed by atoms with E-state index >= 15 is 0 Å². The average Bonchev–Trinajstić information content (AvgIpc) is 3.06. The lowest BCUT2D eigenvalue weighted by molar-refractivity contribution is 0.102. The van der Waals surface area contributed by atoms with Crippen LogP contribution in [0.15, 0.2) is 60.9 Å². The lowest BCUT2D eigenvalue weighted by Gasteiger charge is -2.10. The number of fused-ring (bicyclic) bond motifs is 1. The zero-order chi connectivity index (χ0) is 22.8. The molecular formula is C26H27N3O3. The van der Waals surface area contributed by atoms with Crippen molar-refractivity contribution >= 4 is 22.5 Å². The summed E-state index contributed by atoms with van der Waals surface area (Å²) in [4.78, 5) is 17.2. The van der Waals surface area contributed by atoms with Crippen molar-refractivity contribution < 1.29 is 14.6 Å². The molecule has 0 atom stereocenters. The molecule has 6 heteroatoms. The predicted molar refractivity (Wildman–Crippen MR) is 127 cm³/mol. The van der Waals surface area contributed by atoms with E-state index in [9.17, 15) is 9.90 Å². The Morgan fingerprint density at radius 2 is 1.78 bits per heavy atom. The quantitative estimate of drug-likeness (QED) is 0.391. The van der Waals surface area contributed by atoms with Gasteiger partial charge < -0.3 is 19.7 Å². The van der Waals surface area contributed by atoms with E-state index in [1.165, 1.54) is 0 Å². The van der Waals surface area contributed by atoms with Crippen molar-refractivity contribution in [2.24, 2.45) is 5.92 Å². The molecule has 6 nitrogen and oxygen atoms in total. The SMILES string of the molecule is Cc1ccc(Oc2cc(C(=O)Nc3ccc(C)cn3)cc3c(O)n(CC(C)C)cc23)cc1. The standard InChI is InChI=1S/C26H27N3O3/c1-16(2)14-29-15-22-21(26(29)31)11-19(25(30)28-24-10-7-18(4)13-27-24)12-23(22)32-20-8-5-17(3)6-9-20/h5-13,15-16,31H,14H2,1-4H3,(H,27,28,30). The van der Waals surface area contributed by atoms with Crippen LogP contribution in [0.5, 0.6) is 17.4 Å². The first-order valence-corrected chi connectivity index (χ1v) is 10.6. The number of pyridine rings is 1. The molecule has 0 saturated heterocycles. The maximum Gasteiger partial charge on any atom is 0.256 e. The molecule has 0 aliphatic rings. The molecule has 2 heterocycles. The van der Waals surface area contributed by atoms with Crippen LogP contribution in [0.4, 0.5) is 5.82 Å². The van der Waals surface area contributed by atoms with E-state index in [0.29, 0.717) is 40.7 Å². The number of anilines is 1. The molecule has 0 radical (unpaired) electrons. The van der Waals surface area contributed by atoms with Crippen molar-refractivity contribution in [3.05, 3.63) is 77.6 Å². The van der Waals surface area contributed by atoms with Crippen molar-refractivity contribution in [1.82, 2.24) is 9.55 Å². The third-order valence-electron chi connectivity index (χ3n) is 5.17. The van der Waals surface area contributed by atoms with E-state index in [-0.39, 0.29) is 11.8 Å². The molecule has 32 heavy (non-hydrogen) atoms. The van der Waals surface area contributed by atoms with Crippen LogP contribution in [0.25, 0.3) is 10.8 Å². The van der Waals surface area contributed by atoms with E-state index in [2.05, 4.69) is 24.1 Å². The van der Waals surface area contributed by atoms with Crippen LogP contribution in [-0.4, -0.2) is 20.6 Å². The number of aromatic hydroxyl groups is 1. The number of amides is 1. The van der Waals surface area contributed by atoms with Gasteiger partial charge in [-0.05, 0) is 55.7 Å². The van der Waals surface area contributed by atoms with E-state index in [0.717, 1.165) is 16.5 Å². The summed E-state index contributed by atoms with van der Waals surface area (Å²) in [6.07, 6.45) is 3.57. The Kier molecular flexibility index (Phi) is 5.86. The summed E-state index contributed by atoms with van der Waals surface area (Å²) in [6.45, 7) is 8.77. The smallest absolute Gasteiger partial charge is 0.256 e. The number of carbonyl (C=O) groups excluding carboxylic acids is 1. The fourth-order valence-electron chi connectivity index (χ4n) is 3.53. The number of hydrogen-bond donors (Lipinski definition) is 2. The molecule has 4 rings (SSSR count). The Morgan fingerprint density at radius 3 is 2.44 bits per heavy atom. The summed E-state index contributed by atoms with van der Waals surface area (Å²) in [6, 6.07) is 14.7. The molecule has 1 amide bonds. The summed E-state index contributed by atoms with van der Waals surface area (Å²) < 4.78 is 7.95. The first kappa shape index (κ1) is 21.4. The number of aromatic nitrogens is 2. The normalized spacial score (nSPS) is 11.2. The zero-order valence-corrected chi connectivity index (χ0v) is 18.7. The van der Waals surface area contributed by atoms with Crippen LogP contribution in [-0.2, 0) is 6.54 Å². The fourth-order valence-corrected chi connectivity index (χ4v) is 3.53. The molecule has 2 aromatic carbocycles. The Labute approximate surface area is 187 Å². The predicted octanol–water partition coefficient (Wildman–Crippen LogP) is 6.06. The highest BCUT2D eigenvalue weighted by Gasteiger charge is 2.18. The number of carbonyl (C=O) groups is 1. The van der Waals surface area contributed by atoms with Crippen LogP contribution in [0.3, 0.4) is 0 Å². The molecule has 2 N–H and O–H groups in total. The number of rotatable bonds is 6. The first-order valence-electron chi connectivity index (χ1n) is 10.6. The Hall–Kier alpha value is -3.80. The van der Waals surface area contributed by atoms with Crippen molar-refractivity contribution in [3.63, 3.8) is 0 Å². The Bertz CT molecular complexity index is 1260. The number of ether oxygens (including phenoxy) is 1. The van der Waals surface area contributed by atoms with Gasteiger partial charge in [0.15, 0.2) is 5.88 Å². The van der Waals surface area contributed by atoms with E-state index < -0.39 is 0 Å². The molecule has 0 saturated carbocycles. The zero-order valence-electron chi connectivity index (χ0n) is 18.7. The van der Waals surface area contributed by atoms with Gasteiger partial charge in [0.2, 0.25) is 0 Å². The molecule has 0 aliphatic carbocycles. The monoisotopic (exact) mass is 429 g/mol. The minimum absolute atomic E-state index is 0.116. The summed E-state index contributed by atoms with van der Waals surface area (Å²) in [5, 5.41) is 15.0. The third-order valence-corrected chi connectivity index (χ3v) is 5.17. The van der Waals surface area contributed by atoms with Gasteiger partial charge in [-0.3, -0.25) is 4.79 Å². The summed E-state index contributed by atoms with van der Waals surface area (Å²) in [5.74, 6) is 1.76. The second kappa shape index (κ2) is 8.75. The fraction of sp³-hybridized carbons (Fsp3) is 0.231. The molecule has 0 bridgehead atoms. The van der Waals surface area contributed by atoms with Gasteiger partial charge in [-0.2, -0.15) is 0 Å². The van der Waals surface area contributed by atoms with Crippen molar-refractivity contribution in [2.45, 2.75) is 34.2 Å². The highest BCUT2D eigenvalue weighted by molar-refractivity contribution is 6.08. The number of nitrogens with one attached hydrogen (secondary N) is 1. The van der Waals surface area contributed by atoms with Gasteiger partial charge >= 0.3 is 0 Å². The topological polar surface area (TPSA) is 76.4 Å². The minimum atomic E-state index is -0.326. The first-order chi connectivity index (χ1) is 15.3. The molecule has 164 valence electrons. The highest BCUT2D eigenvalue weighted by Crippen LogP contribution is 2.38. The molecule has 4 aromatic rings. The number of aryl methyl sites for hydroxylation is 2. The summed E-state index contributed by atoms with van der Waals surface area (Å²) in [5.41, 5.74) is 2.51. The highest BCUT2D eigenvalue weighted by atomic mass is 16.5. The average molecular weight is 430 g/mol. The molecule has 0 spiro atoms. The number of benzene rings is 2. The van der Waals surface area contributed by atoms with Gasteiger partial charge in [-0.1, -0.05) is 37.6 Å². The lowest BCUT2D eigenvalue weighted by atomic mass is 10.1. The summed E-state index contributed by atoms with van der Waals surface area (Å²) >= 11 is 0. The lowest BCUT2D eigenvalue weighted by Crippen LogP contribution is -2.13. The maximum absolute atomic E-state index is 13.0. The Morgan fingerprint density at radius 1 is 1.06 bits per heavy atom. The van der Waals surface area contributed by atoms with Crippen molar-refractivity contribution in [2.75, 3.05) is 5.32 Å². The molecule has 2 aromatic heterocycles. The van der Waals surface area contributed by atoms with Gasteiger partial charge in [-0.25, -0.2) is 4.98 Å². The maximum atomic E-state index is 13.0. The van der Waals surface area contributed by atoms with Crippen LogP contribution < -0.4 is 10.1 Å². The number of nitrogens with zero attached hydrogens (tertiary/aromatic N) is 2. The van der Waals surface area contributed by atoms with Crippen LogP contribution in [0.1, 0.15) is 35.3 Å². The number of hydrogen-bond acceptors (Lipinski definition) is 4. The van der Waals surface area contributed by atoms with E-state index in [4.69, 9.17) is 4.74 Å².